The highest BCUT2D eigenvalue weighted by Crippen LogP contribution is 2.28. The first kappa shape index (κ1) is 8.64. The van der Waals surface area contributed by atoms with Crippen LogP contribution in [0, 0.1) is 18.3 Å². The summed E-state index contributed by atoms with van der Waals surface area (Å²) >= 11 is 0. The van der Waals surface area contributed by atoms with Gasteiger partial charge in [0.2, 0.25) is 0 Å². The summed E-state index contributed by atoms with van der Waals surface area (Å²) in [5.74, 6) is 0. The lowest BCUT2D eigenvalue weighted by Gasteiger charge is -2.02. The van der Waals surface area contributed by atoms with Gasteiger partial charge < -0.3 is 10.3 Å². The fraction of sp³-hybridized carbons (Fsp3) is 0.182. The van der Waals surface area contributed by atoms with Gasteiger partial charge in [-0.15, -0.1) is 0 Å². The Kier molecular flexibility index (Phi) is 1.71. The topological polar surface area (TPSA) is 54.7 Å². The molecule has 0 spiro atoms. The van der Waals surface area contributed by atoms with Crippen molar-refractivity contribution in [2.45, 2.75) is 6.92 Å². The van der Waals surface area contributed by atoms with Gasteiger partial charge in [0.15, 0.2) is 0 Å². The third kappa shape index (κ3) is 0.975. The average Bonchev–Trinajstić information content (AvgIpc) is 2.50. The van der Waals surface area contributed by atoms with Gasteiger partial charge in [-0.3, -0.25) is 0 Å². The number of hydrogen-bond acceptors (Lipinski definition) is 2. The molecule has 1 aromatic carbocycles. The van der Waals surface area contributed by atoms with Gasteiger partial charge >= 0.3 is 0 Å². The van der Waals surface area contributed by atoms with Crippen LogP contribution in [-0.2, 0) is 7.05 Å². The average molecular weight is 185 g/mol. The van der Waals surface area contributed by atoms with E-state index in [2.05, 4.69) is 6.07 Å². The quantitative estimate of drug-likeness (QED) is 0.638. The second-order valence-electron chi connectivity index (χ2n) is 3.46. The molecule has 0 bridgehead atoms. The standard InChI is InChI=1S/C11H11N3/c1-7-3-4-9(13)11-10(7)8(5-12)6-14(11)2/h3-4,6H,13H2,1-2H3. The molecule has 0 aliphatic carbocycles. The number of nitrogens with zero attached hydrogens (tertiary/aromatic N) is 2. The summed E-state index contributed by atoms with van der Waals surface area (Å²) in [6, 6.07) is 6.00. The van der Waals surface area contributed by atoms with Crippen LogP contribution < -0.4 is 5.73 Å². The molecule has 3 heteroatoms. The van der Waals surface area contributed by atoms with E-state index in [0.717, 1.165) is 22.2 Å². The molecule has 0 unspecified atom stereocenters. The number of benzene rings is 1. The minimum Gasteiger partial charge on any atom is -0.397 e. The van der Waals surface area contributed by atoms with Crippen molar-refractivity contribution >= 4 is 16.6 Å². The molecule has 2 N–H and O–H groups in total. The van der Waals surface area contributed by atoms with Gasteiger partial charge in [-0.2, -0.15) is 5.26 Å². The van der Waals surface area contributed by atoms with Gasteiger partial charge in [0.25, 0.3) is 0 Å². The molecule has 0 saturated carbocycles. The summed E-state index contributed by atoms with van der Waals surface area (Å²) < 4.78 is 1.90. The fourth-order valence-corrected chi connectivity index (χ4v) is 1.84. The second-order valence-corrected chi connectivity index (χ2v) is 3.46. The maximum atomic E-state index is 8.96. The van der Waals surface area contributed by atoms with E-state index in [1.165, 1.54) is 0 Å². The Morgan fingerprint density at radius 1 is 1.43 bits per heavy atom. The van der Waals surface area contributed by atoms with E-state index in [0.29, 0.717) is 5.56 Å². The van der Waals surface area contributed by atoms with E-state index in [1.54, 1.807) is 0 Å². The van der Waals surface area contributed by atoms with Crippen molar-refractivity contribution in [1.29, 1.82) is 5.26 Å². The maximum absolute atomic E-state index is 8.96. The summed E-state index contributed by atoms with van der Waals surface area (Å²) in [4.78, 5) is 0. The number of hydrogen-bond donors (Lipinski definition) is 1. The van der Waals surface area contributed by atoms with Gasteiger partial charge in [-0.1, -0.05) is 6.07 Å². The first-order valence-corrected chi connectivity index (χ1v) is 4.39. The lowest BCUT2D eigenvalue weighted by Crippen LogP contribution is -1.92. The lowest BCUT2D eigenvalue weighted by molar-refractivity contribution is 0.968. The van der Waals surface area contributed by atoms with Crippen LogP contribution in [0.4, 0.5) is 5.69 Å². The summed E-state index contributed by atoms with van der Waals surface area (Å²) in [5.41, 5.74) is 9.30. The summed E-state index contributed by atoms with van der Waals surface area (Å²) in [5, 5.41) is 9.93. The molecule has 0 aliphatic heterocycles. The molecule has 0 fully saturated rings. The number of nitrogen functional groups attached to an aromatic ring is 1. The predicted octanol–water partition coefficient (Wildman–Crippen LogP) is 1.94. The first-order valence-electron chi connectivity index (χ1n) is 4.39. The monoisotopic (exact) mass is 185 g/mol. The minimum atomic E-state index is 0.687. The summed E-state index contributed by atoms with van der Waals surface area (Å²) in [6.45, 7) is 1.99. The Bertz CT molecular complexity index is 544. The fourth-order valence-electron chi connectivity index (χ4n) is 1.84. The van der Waals surface area contributed by atoms with E-state index in [-0.39, 0.29) is 0 Å². The molecule has 0 amide bonds. The lowest BCUT2D eigenvalue weighted by atomic mass is 10.1. The van der Waals surface area contributed by atoms with Crippen LogP contribution in [0.3, 0.4) is 0 Å². The number of aryl methyl sites for hydroxylation is 2. The highest BCUT2D eigenvalue weighted by Gasteiger charge is 2.10. The molecule has 3 nitrogen and oxygen atoms in total. The van der Waals surface area contributed by atoms with Gasteiger partial charge in [0.05, 0.1) is 16.8 Å². The molecular formula is C11H11N3. The van der Waals surface area contributed by atoms with Gasteiger partial charge in [0, 0.05) is 18.6 Å². The zero-order chi connectivity index (χ0) is 10.3. The van der Waals surface area contributed by atoms with E-state index in [1.807, 2.05) is 36.9 Å². The van der Waals surface area contributed by atoms with Gasteiger partial charge in [0.1, 0.15) is 6.07 Å². The van der Waals surface area contributed by atoms with Crippen molar-refractivity contribution < 1.29 is 0 Å². The Balaban J connectivity index is 3.04. The molecule has 0 aliphatic rings. The number of anilines is 1. The van der Waals surface area contributed by atoms with Gasteiger partial charge in [-0.25, -0.2) is 0 Å². The predicted molar refractivity (Wildman–Crippen MR) is 56.8 cm³/mol. The number of rotatable bonds is 0. The third-order valence-electron chi connectivity index (χ3n) is 2.48. The number of nitriles is 1. The van der Waals surface area contributed by atoms with Crippen LogP contribution in [-0.4, -0.2) is 4.57 Å². The number of aromatic nitrogens is 1. The second kappa shape index (κ2) is 2.78. The highest BCUT2D eigenvalue weighted by molar-refractivity contribution is 5.97. The van der Waals surface area contributed by atoms with Crippen LogP contribution in [0.25, 0.3) is 10.9 Å². The zero-order valence-electron chi connectivity index (χ0n) is 8.20. The third-order valence-corrected chi connectivity index (χ3v) is 2.48. The van der Waals surface area contributed by atoms with Crippen LogP contribution in [0.15, 0.2) is 18.3 Å². The molecule has 0 saturated heterocycles. The number of fused-ring (bicyclic) bond motifs is 1. The smallest absolute Gasteiger partial charge is 0.101 e. The highest BCUT2D eigenvalue weighted by atomic mass is 14.9. The normalized spacial score (nSPS) is 10.4. The molecule has 1 heterocycles. The van der Waals surface area contributed by atoms with Crippen LogP contribution >= 0.6 is 0 Å². The van der Waals surface area contributed by atoms with E-state index >= 15 is 0 Å². The summed E-state index contributed by atoms with van der Waals surface area (Å²) in [6.07, 6.45) is 1.81. The van der Waals surface area contributed by atoms with Gasteiger partial charge in [-0.05, 0) is 18.6 Å². The van der Waals surface area contributed by atoms with Crippen molar-refractivity contribution in [3.05, 3.63) is 29.5 Å². The molecule has 1 aromatic heterocycles. The van der Waals surface area contributed by atoms with Crippen LogP contribution in [0.5, 0.6) is 0 Å². The van der Waals surface area contributed by atoms with E-state index in [9.17, 15) is 0 Å². The molecule has 70 valence electrons. The molecule has 14 heavy (non-hydrogen) atoms. The molecular weight excluding hydrogens is 174 g/mol. The van der Waals surface area contributed by atoms with Crippen molar-refractivity contribution in [1.82, 2.24) is 4.57 Å². The Morgan fingerprint density at radius 3 is 2.79 bits per heavy atom. The Morgan fingerprint density at radius 2 is 2.14 bits per heavy atom. The molecule has 0 atom stereocenters. The van der Waals surface area contributed by atoms with E-state index < -0.39 is 0 Å². The van der Waals surface area contributed by atoms with Crippen LogP contribution in [0.2, 0.25) is 0 Å². The zero-order valence-corrected chi connectivity index (χ0v) is 8.20. The maximum Gasteiger partial charge on any atom is 0.101 e. The first-order chi connectivity index (χ1) is 6.65. The minimum absolute atomic E-state index is 0.687. The molecule has 0 radical (unpaired) electrons. The van der Waals surface area contributed by atoms with Crippen molar-refractivity contribution in [3.8, 4) is 6.07 Å². The SMILES string of the molecule is Cc1ccc(N)c2c1c(C#N)cn2C. The van der Waals surface area contributed by atoms with Crippen molar-refractivity contribution in [2.24, 2.45) is 7.05 Å². The van der Waals surface area contributed by atoms with Crippen LogP contribution in [0.1, 0.15) is 11.1 Å². The Hall–Kier alpha value is -1.95. The van der Waals surface area contributed by atoms with Crippen molar-refractivity contribution in [2.75, 3.05) is 5.73 Å². The molecule has 2 aromatic rings. The summed E-state index contributed by atoms with van der Waals surface area (Å²) in [7, 11) is 1.90. The molecule has 2 rings (SSSR count). The largest absolute Gasteiger partial charge is 0.397 e. The number of nitrogens with two attached hydrogens (primary N) is 1. The van der Waals surface area contributed by atoms with Crippen molar-refractivity contribution in [3.63, 3.8) is 0 Å². The van der Waals surface area contributed by atoms with E-state index in [4.69, 9.17) is 11.0 Å². The Labute approximate surface area is 82.4 Å².